The van der Waals surface area contributed by atoms with Gasteiger partial charge in [-0.3, -0.25) is 9.78 Å². The monoisotopic (exact) mass is 344 g/mol. The van der Waals surface area contributed by atoms with Gasteiger partial charge in [0.25, 0.3) is 0 Å². The predicted octanol–water partition coefficient (Wildman–Crippen LogP) is 5.17. The van der Waals surface area contributed by atoms with E-state index in [1.165, 1.54) is 5.56 Å². The highest BCUT2D eigenvalue weighted by molar-refractivity contribution is 7.08. The van der Waals surface area contributed by atoms with Crippen LogP contribution in [-0.4, -0.2) is 15.8 Å². The van der Waals surface area contributed by atoms with Crippen LogP contribution in [0.4, 0.5) is 0 Å². The van der Waals surface area contributed by atoms with Crippen LogP contribution in [-0.2, 0) is 6.42 Å². The minimum atomic E-state index is 0.0684. The summed E-state index contributed by atoms with van der Waals surface area (Å²) in [7, 11) is 0. The fourth-order valence-corrected chi connectivity index (χ4v) is 3.51. The third-order valence-electron chi connectivity index (χ3n) is 4.20. The number of fused-ring (bicyclic) bond motifs is 1. The molecule has 3 nitrogen and oxygen atoms in total. The van der Waals surface area contributed by atoms with E-state index in [9.17, 15) is 4.79 Å². The third kappa shape index (κ3) is 3.35. The van der Waals surface area contributed by atoms with Gasteiger partial charge in [-0.15, -0.1) is 0 Å². The summed E-state index contributed by atoms with van der Waals surface area (Å²) >= 11 is 1.64. The number of benzene rings is 1. The largest absolute Gasteiger partial charge is 0.292 e. The molecule has 3 aromatic heterocycles. The molecule has 0 amide bonds. The normalized spacial score (nSPS) is 10.9. The summed E-state index contributed by atoms with van der Waals surface area (Å²) < 4.78 is 0. The maximum Gasteiger partial charge on any atom is 0.181 e. The molecule has 0 saturated carbocycles. The van der Waals surface area contributed by atoms with Gasteiger partial charge < -0.3 is 0 Å². The Hall–Kier alpha value is -2.85. The van der Waals surface area contributed by atoms with Gasteiger partial charge in [0.1, 0.15) is 5.69 Å². The van der Waals surface area contributed by atoms with Crippen LogP contribution in [0.5, 0.6) is 0 Å². The molecule has 0 aliphatic rings. The third-order valence-corrected chi connectivity index (χ3v) is 4.88. The molecule has 0 unspecified atom stereocenters. The Morgan fingerprint density at radius 1 is 1.00 bits per heavy atom. The number of nitrogens with zero attached hydrogens (tertiary/aromatic N) is 2. The molecule has 3 heterocycles. The number of pyridine rings is 2. The molecule has 0 radical (unpaired) electrons. The summed E-state index contributed by atoms with van der Waals surface area (Å²) in [6.07, 6.45) is 4.79. The van der Waals surface area contributed by atoms with E-state index in [-0.39, 0.29) is 5.78 Å². The van der Waals surface area contributed by atoms with E-state index < -0.39 is 0 Å². The first-order chi connectivity index (χ1) is 12.3. The Kier molecular flexibility index (Phi) is 4.36. The number of aromatic nitrogens is 2. The quantitative estimate of drug-likeness (QED) is 0.469. The van der Waals surface area contributed by atoms with Crippen LogP contribution >= 0.6 is 11.3 Å². The van der Waals surface area contributed by atoms with Crippen molar-refractivity contribution in [3.63, 3.8) is 0 Å². The molecule has 0 aliphatic carbocycles. The van der Waals surface area contributed by atoms with Gasteiger partial charge in [0.05, 0.1) is 5.52 Å². The zero-order valence-electron chi connectivity index (χ0n) is 13.6. The molecule has 122 valence electrons. The minimum Gasteiger partial charge on any atom is -0.292 e. The van der Waals surface area contributed by atoms with Crippen molar-refractivity contribution in [3.8, 4) is 11.1 Å². The molecule has 0 atom stereocenters. The lowest BCUT2D eigenvalue weighted by atomic mass is 10.0. The van der Waals surface area contributed by atoms with E-state index in [1.54, 1.807) is 23.6 Å². The molecule has 0 bridgehead atoms. The Morgan fingerprint density at radius 2 is 1.88 bits per heavy atom. The number of rotatable bonds is 5. The Labute approximate surface area is 150 Å². The lowest BCUT2D eigenvalue weighted by Crippen LogP contribution is -2.04. The topological polar surface area (TPSA) is 42.9 Å². The van der Waals surface area contributed by atoms with Crippen LogP contribution in [0.25, 0.3) is 22.0 Å². The second-order valence-electron chi connectivity index (χ2n) is 5.88. The molecule has 0 saturated heterocycles. The number of hydrogen-bond acceptors (Lipinski definition) is 4. The van der Waals surface area contributed by atoms with Gasteiger partial charge in [0.15, 0.2) is 5.78 Å². The zero-order chi connectivity index (χ0) is 17.1. The summed E-state index contributed by atoms with van der Waals surface area (Å²) in [4.78, 5) is 21.5. The zero-order valence-corrected chi connectivity index (χ0v) is 14.4. The maximum absolute atomic E-state index is 12.6. The highest BCUT2D eigenvalue weighted by Gasteiger charge is 2.12. The molecule has 1 aromatic carbocycles. The van der Waals surface area contributed by atoms with Gasteiger partial charge in [0.2, 0.25) is 0 Å². The van der Waals surface area contributed by atoms with Crippen molar-refractivity contribution < 1.29 is 4.79 Å². The number of thiophene rings is 1. The lowest BCUT2D eigenvalue weighted by Gasteiger charge is -2.06. The van der Waals surface area contributed by atoms with Crippen molar-refractivity contribution in [3.05, 3.63) is 82.9 Å². The SMILES string of the molecule is O=C(CCc1ccccc1)c1ccc2cncc(-c3ccsc3)c2n1. The highest BCUT2D eigenvalue weighted by atomic mass is 32.1. The fourth-order valence-electron chi connectivity index (χ4n) is 2.86. The molecular formula is C21H16N2OS. The van der Waals surface area contributed by atoms with Gasteiger partial charge in [-0.25, -0.2) is 4.98 Å². The molecular weight excluding hydrogens is 328 g/mol. The van der Waals surface area contributed by atoms with Crippen molar-refractivity contribution >= 4 is 28.0 Å². The Balaban J connectivity index is 1.64. The van der Waals surface area contributed by atoms with E-state index in [0.29, 0.717) is 12.1 Å². The maximum atomic E-state index is 12.6. The van der Waals surface area contributed by atoms with Crippen LogP contribution in [0, 0.1) is 0 Å². The Bertz CT molecular complexity index is 1010. The van der Waals surface area contributed by atoms with E-state index in [1.807, 2.05) is 54.0 Å². The highest BCUT2D eigenvalue weighted by Crippen LogP contribution is 2.28. The molecule has 4 rings (SSSR count). The van der Waals surface area contributed by atoms with E-state index >= 15 is 0 Å². The van der Waals surface area contributed by atoms with Crippen molar-refractivity contribution in [1.82, 2.24) is 9.97 Å². The molecule has 4 aromatic rings. The van der Waals surface area contributed by atoms with Crippen molar-refractivity contribution in [2.45, 2.75) is 12.8 Å². The number of aryl methyl sites for hydroxylation is 1. The van der Waals surface area contributed by atoms with Gasteiger partial charge >= 0.3 is 0 Å². The van der Waals surface area contributed by atoms with Crippen LogP contribution < -0.4 is 0 Å². The standard InChI is InChI=1S/C21H16N2OS/c24-20(9-6-15-4-2-1-3-5-15)19-8-7-16-12-22-13-18(21(16)23-19)17-10-11-25-14-17/h1-5,7-8,10-14H,6,9H2. The number of hydrogen-bond donors (Lipinski definition) is 0. The smallest absolute Gasteiger partial charge is 0.181 e. The molecule has 4 heteroatoms. The first-order valence-electron chi connectivity index (χ1n) is 8.16. The molecule has 25 heavy (non-hydrogen) atoms. The van der Waals surface area contributed by atoms with Crippen LogP contribution in [0.2, 0.25) is 0 Å². The number of ketones is 1. The average Bonchev–Trinajstić information content (AvgIpc) is 3.20. The second kappa shape index (κ2) is 6.95. The summed E-state index contributed by atoms with van der Waals surface area (Å²) in [5, 5.41) is 5.05. The molecule has 0 aliphatic heterocycles. The van der Waals surface area contributed by atoms with Crippen molar-refractivity contribution in [2.24, 2.45) is 0 Å². The van der Waals surface area contributed by atoms with E-state index in [2.05, 4.69) is 15.3 Å². The lowest BCUT2D eigenvalue weighted by molar-refractivity contribution is 0.0978. The minimum absolute atomic E-state index is 0.0684. The van der Waals surface area contributed by atoms with E-state index in [4.69, 9.17) is 0 Å². The number of Topliss-reactive ketones (excluding diaryl/α,β-unsaturated/α-hetero) is 1. The van der Waals surface area contributed by atoms with Gasteiger partial charge in [0, 0.05) is 29.8 Å². The Morgan fingerprint density at radius 3 is 2.68 bits per heavy atom. The van der Waals surface area contributed by atoms with Crippen LogP contribution in [0.1, 0.15) is 22.5 Å². The molecule has 0 N–H and O–H groups in total. The van der Waals surface area contributed by atoms with Gasteiger partial charge in [-0.1, -0.05) is 30.3 Å². The first kappa shape index (κ1) is 15.7. The van der Waals surface area contributed by atoms with Gasteiger partial charge in [-0.05, 0) is 46.5 Å². The van der Waals surface area contributed by atoms with Crippen LogP contribution in [0.15, 0.2) is 71.7 Å². The summed E-state index contributed by atoms with van der Waals surface area (Å²) in [5.74, 6) is 0.0684. The van der Waals surface area contributed by atoms with Crippen molar-refractivity contribution in [2.75, 3.05) is 0 Å². The van der Waals surface area contributed by atoms with Crippen LogP contribution in [0.3, 0.4) is 0 Å². The van der Waals surface area contributed by atoms with Crippen molar-refractivity contribution in [1.29, 1.82) is 0 Å². The fraction of sp³-hybridized carbons (Fsp3) is 0.0952. The summed E-state index contributed by atoms with van der Waals surface area (Å²) in [5.41, 5.74) is 4.57. The predicted molar refractivity (Wildman–Crippen MR) is 102 cm³/mol. The van der Waals surface area contributed by atoms with Gasteiger partial charge in [-0.2, -0.15) is 11.3 Å². The van der Waals surface area contributed by atoms with E-state index in [0.717, 1.165) is 28.5 Å². The second-order valence-corrected chi connectivity index (χ2v) is 6.66. The number of carbonyl (C=O) groups is 1. The molecule has 0 spiro atoms. The average molecular weight is 344 g/mol. The summed E-state index contributed by atoms with van der Waals surface area (Å²) in [6, 6.07) is 15.8. The first-order valence-corrected chi connectivity index (χ1v) is 9.10. The number of carbonyl (C=O) groups excluding carboxylic acids is 1. The summed E-state index contributed by atoms with van der Waals surface area (Å²) in [6.45, 7) is 0. The molecule has 0 fully saturated rings.